The molecule has 1 aromatic rings. The average molecular weight is 339 g/mol. The van der Waals surface area contributed by atoms with E-state index in [0.717, 1.165) is 6.42 Å². The lowest BCUT2D eigenvalue weighted by Crippen LogP contribution is -2.37. The number of hydrogen-bond acceptors (Lipinski definition) is 5. The van der Waals surface area contributed by atoms with Crippen LogP contribution >= 0.6 is 11.3 Å². The SMILES string of the molecule is COC(=O)CCN(CC(C)C)C(=O)C[C@H]1OCCc2ccsc21. The Bertz CT molecular complexity index is 540. The molecule has 2 rings (SSSR count). The maximum absolute atomic E-state index is 12.7. The molecule has 1 aliphatic heterocycles. The molecule has 0 saturated carbocycles. The largest absolute Gasteiger partial charge is 0.469 e. The van der Waals surface area contributed by atoms with E-state index in [1.807, 2.05) is 0 Å². The highest BCUT2D eigenvalue weighted by Gasteiger charge is 2.27. The number of rotatable bonds is 7. The fourth-order valence-corrected chi connectivity index (χ4v) is 3.75. The first-order valence-electron chi connectivity index (χ1n) is 8.03. The van der Waals surface area contributed by atoms with Gasteiger partial charge in [-0.1, -0.05) is 13.8 Å². The zero-order valence-electron chi connectivity index (χ0n) is 14.0. The first-order chi connectivity index (χ1) is 11.0. The molecule has 23 heavy (non-hydrogen) atoms. The molecule has 0 saturated heterocycles. The number of amides is 1. The van der Waals surface area contributed by atoms with Gasteiger partial charge in [0, 0.05) is 18.0 Å². The van der Waals surface area contributed by atoms with Crippen molar-refractivity contribution in [2.75, 3.05) is 26.8 Å². The van der Waals surface area contributed by atoms with Crippen LogP contribution in [0.2, 0.25) is 0 Å². The number of thiophene rings is 1. The molecular formula is C17H25NO4S. The zero-order valence-corrected chi connectivity index (χ0v) is 14.9. The van der Waals surface area contributed by atoms with Gasteiger partial charge in [0.1, 0.15) is 6.10 Å². The van der Waals surface area contributed by atoms with Crippen LogP contribution in [0.3, 0.4) is 0 Å². The summed E-state index contributed by atoms with van der Waals surface area (Å²) in [7, 11) is 1.37. The van der Waals surface area contributed by atoms with Gasteiger partial charge in [-0.3, -0.25) is 9.59 Å². The van der Waals surface area contributed by atoms with Gasteiger partial charge in [-0.25, -0.2) is 0 Å². The molecule has 0 bridgehead atoms. The van der Waals surface area contributed by atoms with Crippen LogP contribution in [0.4, 0.5) is 0 Å². The topological polar surface area (TPSA) is 55.8 Å². The second-order valence-electron chi connectivity index (χ2n) is 6.18. The van der Waals surface area contributed by atoms with E-state index in [4.69, 9.17) is 4.74 Å². The van der Waals surface area contributed by atoms with Crippen molar-refractivity contribution in [2.45, 2.75) is 39.2 Å². The monoisotopic (exact) mass is 339 g/mol. The van der Waals surface area contributed by atoms with Crippen molar-refractivity contribution < 1.29 is 19.1 Å². The number of fused-ring (bicyclic) bond motifs is 1. The van der Waals surface area contributed by atoms with Crippen LogP contribution < -0.4 is 0 Å². The maximum atomic E-state index is 12.7. The van der Waals surface area contributed by atoms with Crippen molar-refractivity contribution in [3.05, 3.63) is 21.9 Å². The van der Waals surface area contributed by atoms with Gasteiger partial charge in [-0.15, -0.1) is 11.3 Å². The highest BCUT2D eigenvalue weighted by Crippen LogP contribution is 2.34. The van der Waals surface area contributed by atoms with Crippen LogP contribution in [0, 0.1) is 5.92 Å². The molecule has 0 radical (unpaired) electrons. The Hall–Kier alpha value is -1.40. The zero-order chi connectivity index (χ0) is 16.8. The number of nitrogens with zero attached hydrogens (tertiary/aromatic N) is 1. The van der Waals surface area contributed by atoms with E-state index in [1.54, 1.807) is 16.2 Å². The van der Waals surface area contributed by atoms with Crippen LogP contribution in [-0.2, 0) is 25.5 Å². The molecule has 2 heterocycles. The lowest BCUT2D eigenvalue weighted by Gasteiger charge is -2.28. The Labute approximate surface area is 141 Å². The summed E-state index contributed by atoms with van der Waals surface area (Å²) in [6.45, 7) is 5.82. The highest BCUT2D eigenvalue weighted by atomic mass is 32.1. The summed E-state index contributed by atoms with van der Waals surface area (Å²) in [6.07, 6.45) is 1.33. The minimum absolute atomic E-state index is 0.0360. The molecule has 5 nitrogen and oxygen atoms in total. The van der Waals surface area contributed by atoms with Crippen LogP contribution in [0.15, 0.2) is 11.4 Å². The third-order valence-electron chi connectivity index (χ3n) is 3.88. The minimum Gasteiger partial charge on any atom is -0.469 e. The van der Waals surface area contributed by atoms with Crippen LogP contribution in [0.1, 0.15) is 43.2 Å². The third-order valence-corrected chi connectivity index (χ3v) is 4.93. The molecule has 1 atom stereocenters. The lowest BCUT2D eigenvalue weighted by atomic mass is 10.0. The maximum Gasteiger partial charge on any atom is 0.307 e. The normalized spacial score (nSPS) is 17.0. The third kappa shape index (κ3) is 5.04. The predicted molar refractivity (Wildman–Crippen MR) is 89.4 cm³/mol. The van der Waals surface area contributed by atoms with Gasteiger partial charge >= 0.3 is 5.97 Å². The smallest absolute Gasteiger partial charge is 0.307 e. The fraction of sp³-hybridized carbons (Fsp3) is 0.647. The second-order valence-corrected chi connectivity index (χ2v) is 7.13. The van der Waals surface area contributed by atoms with E-state index < -0.39 is 0 Å². The van der Waals surface area contributed by atoms with E-state index in [2.05, 4.69) is 30.0 Å². The van der Waals surface area contributed by atoms with Crippen molar-refractivity contribution in [1.29, 1.82) is 0 Å². The number of esters is 1. The van der Waals surface area contributed by atoms with Crippen molar-refractivity contribution in [3.63, 3.8) is 0 Å². The van der Waals surface area contributed by atoms with Crippen LogP contribution in [0.25, 0.3) is 0 Å². The first kappa shape index (κ1) is 17.9. The Kier molecular flexibility index (Phi) is 6.59. The second kappa shape index (κ2) is 8.45. The van der Waals surface area contributed by atoms with Crippen molar-refractivity contribution in [1.82, 2.24) is 4.90 Å². The summed E-state index contributed by atoms with van der Waals surface area (Å²) in [4.78, 5) is 27.0. The van der Waals surface area contributed by atoms with E-state index in [0.29, 0.717) is 32.0 Å². The van der Waals surface area contributed by atoms with E-state index in [-0.39, 0.29) is 24.4 Å². The molecule has 0 aliphatic carbocycles. The summed E-state index contributed by atoms with van der Waals surface area (Å²) in [5.41, 5.74) is 1.30. The molecule has 0 N–H and O–H groups in total. The Morgan fingerprint density at radius 2 is 2.26 bits per heavy atom. The lowest BCUT2D eigenvalue weighted by molar-refractivity contribution is -0.142. The molecule has 1 aliphatic rings. The average Bonchev–Trinajstić information content (AvgIpc) is 3.00. The van der Waals surface area contributed by atoms with Gasteiger partial charge in [0.15, 0.2) is 0 Å². The molecule has 6 heteroatoms. The molecule has 0 fully saturated rings. The summed E-state index contributed by atoms with van der Waals surface area (Å²) in [5.74, 6) is 0.0936. The van der Waals surface area contributed by atoms with E-state index >= 15 is 0 Å². The summed E-state index contributed by atoms with van der Waals surface area (Å²) >= 11 is 1.65. The number of carbonyl (C=O) groups excluding carboxylic acids is 2. The van der Waals surface area contributed by atoms with E-state index in [9.17, 15) is 9.59 Å². The van der Waals surface area contributed by atoms with Gasteiger partial charge in [0.05, 0.1) is 26.6 Å². The number of methoxy groups -OCH3 is 1. The van der Waals surface area contributed by atoms with Crippen LogP contribution in [0.5, 0.6) is 0 Å². The predicted octanol–water partition coefficient (Wildman–Crippen LogP) is 2.80. The minimum atomic E-state index is -0.291. The van der Waals surface area contributed by atoms with Crippen molar-refractivity contribution in [3.8, 4) is 0 Å². The molecule has 1 aromatic heterocycles. The first-order valence-corrected chi connectivity index (χ1v) is 8.91. The van der Waals surface area contributed by atoms with Gasteiger partial charge < -0.3 is 14.4 Å². The number of carbonyl (C=O) groups is 2. The Balaban J connectivity index is 1.99. The molecular weight excluding hydrogens is 314 g/mol. The highest BCUT2D eigenvalue weighted by molar-refractivity contribution is 7.10. The van der Waals surface area contributed by atoms with Gasteiger partial charge in [0.2, 0.25) is 5.91 Å². The standard InChI is InChI=1S/C17H25NO4S/c1-12(2)11-18(7-4-16(20)21-3)15(19)10-14-17-13(5-8-22-14)6-9-23-17/h6,9,12,14H,4-5,7-8,10-11H2,1-3H3/t14-/m1/s1. The number of ether oxygens (including phenoxy) is 2. The van der Waals surface area contributed by atoms with Gasteiger partial charge in [0.25, 0.3) is 0 Å². The molecule has 0 unspecified atom stereocenters. The molecule has 0 spiro atoms. The van der Waals surface area contributed by atoms with Crippen LogP contribution in [-0.4, -0.2) is 43.6 Å². The van der Waals surface area contributed by atoms with Crippen molar-refractivity contribution in [2.24, 2.45) is 5.92 Å². The number of hydrogen-bond donors (Lipinski definition) is 0. The Morgan fingerprint density at radius 3 is 2.96 bits per heavy atom. The molecule has 0 aromatic carbocycles. The van der Waals surface area contributed by atoms with Gasteiger partial charge in [-0.05, 0) is 29.3 Å². The van der Waals surface area contributed by atoms with Crippen molar-refractivity contribution >= 4 is 23.2 Å². The fourth-order valence-electron chi connectivity index (χ4n) is 2.75. The summed E-state index contributed by atoms with van der Waals surface area (Å²) < 4.78 is 10.5. The molecule has 128 valence electrons. The summed E-state index contributed by atoms with van der Waals surface area (Å²) in [6, 6.07) is 2.11. The van der Waals surface area contributed by atoms with Gasteiger partial charge in [-0.2, -0.15) is 0 Å². The Morgan fingerprint density at radius 1 is 1.48 bits per heavy atom. The summed E-state index contributed by atoms with van der Waals surface area (Å²) in [5, 5.41) is 2.06. The van der Waals surface area contributed by atoms with E-state index in [1.165, 1.54) is 17.6 Å². The molecule has 1 amide bonds. The quantitative estimate of drug-likeness (QED) is 0.717.